The average Bonchev–Trinajstić information content (AvgIpc) is 2.99. The largest absolute Gasteiger partial charge is 0.493 e. The molecule has 2 amide bonds. The highest BCUT2D eigenvalue weighted by Crippen LogP contribution is 2.21. The lowest BCUT2D eigenvalue weighted by atomic mass is 10.0. The van der Waals surface area contributed by atoms with Crippen molar-refractivity contribution >= 4 is 11.8 Å². The van der Waals surface area contributed by atoms with Crippen molar-refractivity contribution in [3.05, 3.63) is 29.8 Å². The number of para-hydroxylation sites is 1. The Bertz CT molecular complexity index is 613. The predicted octanol–water partition coefficient (Wildman–Crippen LogP) is 3.37. The van der Waals surface area contributed by atoms with Crippen LogP contribution in [0.15, 0.2) is 24.3 Å². The molecule has 1 aromatic rings. The molecular formula is C21H32N2O3. The monoisotopic (exact) mass is 360 g/mol. The van der Waals surface area contributed by atoms with Crippen LogP contribution in [0.4, 0.5) is 0 Å². The fourth-order valence-electron chi connectivity index (χ4n) is 3.25. The number of nitrogens with one attached hydrogen (secondary N) is 1. The molecule has 1 atom stereocenters. The number of likely N-dealkylation sites (tertiary alicyclic amines) is 1. The normalized spacial score (nSPS) is 15.6. The number of nitrogens with zero attached hydrogens (tertiary/aromatic N) is 1. The topological polar surface area (TPSA) is 58.6 Å². The Kier molecular flexibility index (Phi) is 7.49. The number of ether oxygens (including phenoxy) is 1. The smallest absolute Gasteiger partial charge is 0.243 e. The Morgan fingerprint density at radius 3 is 2.58 bits per heavy atom. The summed E-state index contributed by atoms with van der Waals surface area (Å²) >= 11 is 0. The zero-order chi connectivity index (χ0) is 19.1. The molecule has 0 spiro atoms. The van der Waals surface area contributed by atoms with Crippen LogP contribution in [-0.2, 0) is 16.1 Å². The minimum Gasteiger partial charge on any atom is -0.493 e. The molecule has 1 saturated heterocycles. The molecular weight excluding hydrogens is 328 g/mol. The molecule has 2 rings (SSSR count). The summed E-state index contributed by atoms with van der Waals surface area (Å²) in [5.74, 6) is 1.47. The minimum absolute atomic E-state index is 0.0783. The van der Waals surface area contributed by atoms with E-state index in [9.17, 15) is 9.59 Å². The first kappa shape index (κ1) is 20.3. The van der Waals surface area contributed by atoms with Gasteiger partial charge in [-0.1, -0.05) is 45.9 Å². The van der Waals surface area contributed by atoms with Crippen LogP contribution in [-0.4, -0.2) is 35.9 Å². The summed E-state index contributed by atoms with van der Waals surface area (Å²) in [6.45, 7) is 10.0. The third-order valence-electron chi connectivity index (χ3n) is 4.72. The third-order valence-corrected chi connectivity index (χ3v) is 4.72. The Hall–Kier alpha value is -2.04. The van der Waals surface area contributed by atoms with Gasteiger partial charge in [0.1, 0.15) is 11.8 Å². The summed E-state index contributed by atoms with van der Waals surface area (Å²) in [5, 5.41) is 3.00. The van der Waals surface area contributed by atoms with Crippen LogP contribution in [0.25, 0.3) is 0 Å². The van der Waals surface area contributed by atoms with Gasteiger partial charge < -0.3 is 15.0 Å². The molecule has 0 aliphatic carbocycles. The third kappa shape index (κ3) is 5.48. The van der Waals surface area contributed by atoms with E-state index in [1.54, 1.807) is 4.90 Å². The van der Waals surface area contributed by atoms with Gasteiger partial charge in [0, 0.05) is 25.1 Å². The number of rotatable bonds is 9. The van der Waals surface area contributed by atoms with Crippen molar-refractivity contribution < 1.29 is 14.3 Å². The number of hydrogen-bond donors (Lipinski definition) is 1. The summed E-state index contributed by atoms with van der Waals surface area (Å²) in [6.07, 6.45) is 2.37. The molecule has 0 bridgehead atoms. The zero-order valence-electron chi connectivity index (χ0n) is 16.5. The first-order valence-corrected chi connectivity index (χ1v) is 9.68. The van der Waals surface area contributed by atoms with Crippen LogP contribution >= 0.6 is 0 Å². The predicted molar refractivity (Wildman–Crippen MR) is 103 cm³/mol. The molecule has 5 heteroatoms. The van der Waals surface area contributed by atoms with Crippen LogP contribution in [0, 0.1) is 11.8 Å². The van der Waals surface area contributed by atoms with Crippen molar-refractivity contribution in [2.75, 3.05) is 13.2 Å². The first-order chi connectivity index (χ1) is 12.4. The summed E-state index contributed by atoms with van der Waals surface area (Å²) in [6, 6.07) is 7.39. The van der Waals surface area contributed by atoms with E-state index in [1.807, 2.05) is 38.1 Å². The lowest BCUT2D eigenvalue weighted by Crippen LogP contribution is -2.50. The number of benzene rings is 1. The number of carbonyl (C=O) groups is 2. The van der Waals surface area contributed by atoms with Gasteiger partial charge in [0.05, 0.1) is 6.61 Å². The number of hydrogen-bond acceptors (Lipinski definition) is 3. The Labute approximate surface area is 157 Å². The maximum atomic E-state index is 12.8. The summed E-state index contributed by atoms with van der Waals surface area (Å²) in [4.78, 5) is 26.5. The molecule has 1 heterocycles. The molecule has 1 aliphatic rings. The average molecular weight is 360 g/mol. The summed E-state index contributed by atoms with van der Waals surface area (Å²) in [5.41, 5.74) is 0.958. The van der Waals surface area contributed by atoms with E-state index in [0.717, 1.165) is 24.2 Å². The molecule has 0 radical (unpaired) electrons. The second-order valence-electron chi connectivity index (χ2n) is 7.74. The molecule has 1 N–H and O–H groups in total. The highest BCUT2D eigenvalue weighted by atomic mass is 16.5. The van der Waals surface area contributed by atoms with E-state index in [1.165, 1.54) is 0 Å². The summed E-state index contributed by atoms with van der Waals surface area (Å²) < 4.78 is 5.89. The van der Waals surface area contributed by atoms with E-state index < -0.39 is 6.04 Å². The maximum absolute atomic E-state index is 12.8. The zero-order valence-corrected chi connectivity index (χ0v) is 16.5. The van der Waals surface area contributed by atoms with Gasteiger partial charge in [0.15, 0.2) is 0 Å². The van der Waals surface area contributed by atoms with Gasteiger partial charge in [0.25, 0.3) is 0 Å². The minimum atomic E-state index is -0.404. The molecule has 5 nitrogen and oxygen atoms in total. The van der Waals surface area contributed by atoms with E-state index in [4.69, 9.17) is 4.74 Å². The van der Waals surface area contributed by atoms with E-state index in [0.29, 0.717) is 32.0 Å². The van der Waals surface area contributed by atoms with Crippen molar-refractivity contribution in [3.63, 3.8) is 0 Å². The first-order valence-electron chi connectivity index (χ1n) is 9.68. The SMILES string of the molecule is CC(C)CCOc1ccccc1CNC(=O)C(C(C)C)N1CCCC1=O. The van der Waals surface area contributed by atoms with Gasteiger partial charge in [-0.05, 0) is 30.7 Å². The Morgan fingerprint density at radius 1 is 1.23 bits per heavy atom. The molecule has 144 valence electrons. The quantitative estimate of drug-likeness (QED) is 0.734. The highest BCUT2D eigenvalue weighted by Gasteiger charge is 2.34. The van der Waals surface area contributed by atoms with Crippen molar-refractivity contribution in [1.29, 1.82) is 0 Å². The maximum Gasteiger partial charge on any atom is 0.243 e. The van der Waals surface area contributed by atoms with Gasteiger partial charge >= 0.3 is 0 Å². The second kappa shape index (κ2) is 9.60. The molecule has 1 fully saturated rings. The molecule has 26 heavy (non-hydrogen) atoms. The van der Waals surface area contributed by atoms with Gasteiger partial charge in [-0.15, -0.1) is 0 Å². The molecule has 1 aliphatic heterocycles. The molecule has 0 aromatic heterocycles. The number of amides is 2. The Morgan fingerprint density at radius 2 is 1.96 bits per heavy atom. The van der Waals surface area contributed by atoms with Crippen molar-refractivity contribution in [1.82, 2.24) is 10.2 Å². The van der Waals surface area contributed by atoms with Crippen LogP contribution in [0.5, 0.6) is 5.75 Å². The molecule has 1 aromatic carbocycles. The fourth-order valence-corrected chi connectivity index (χ4v) is 3.25. The van der Waals surface area contributed by atoms with Gasteiger partial charge in [-0.25, -0.2) is 0 Å². The van der Waals surface area contributed by atoms with Gasteiger partial charge in [-0.3, -0.25) is 9.59 Å². The van der Waals surface area contributed by atoms with Crippen molar-refractivity contribution in [3.8, 4) is 5.75 Å². The number of carbonyl (C=O) groups excluding carboxylic acids is 2. The van der Waals surface area contributed by atoms with Gasteiger partial charge in [0.2, 0.25) is 11.8 Å². The second-order valence-corrected chi connectivity index (χ2v) is 7.74. The van der Waals surface area contributed by atoms with Crippen LogP contribution in [0.3, 0.4) is 0 Å². The fraction of sp³-hybridized carbons (Fsp3) is 0.619. The van der Waals surface area contributed by atoms with E-state index in [2.05, 4.69) is 19.2 Å². The van der Waals surface area contributed by atoms with Gasteiger partial charge in [-0.2, -0.15) is 0 Å². The summed E-state index contributed by atoms with van der Waals surface area (Å²) in [7, 11) is 0. The lowest BCUT2D eigenvalue weighted by molar-refractivity contribution is -0.139. The highest BCUT2D eigenvalue weighted by molar-refractivity contribution is 5.88. The van der Waals surface area contributed by atoms with E-state index in [-0.39, 0.29) is 17.7 Å². The van der Waals surface area contributed by atoms with E-state index >= 15 is 0 Å². The van der Waals surface area contributed by atoms with Crippen molar-refractivity contribution in [2.45, 2.75) is 59.5 Å². The molecule has 0 saturated carbocycles. The Balaban J connectivity index is 1.98. The van der Waals surface area contributed by atoms with Crippen LogP contribution < -0.4 is 10.1 Å². The molecule has 1 unspecified atom stereocenters. The lowest BCUT2D eigenvalue weighted by Gasteiger charge is -2.30. The van der Waals surface area contributed by atoms with Crippen LogP contribution in [0.1, 0.15) is 52.5 Å². The van der Waals surface area contributed by atoms with Crippen LogP contribution in [0.2, 0.25) is 0 Å². The van der Waals surface area contributed by atoms with Crippen molar-refractivity contribution in [2.24, 2.45) is 11.8 Å². The standard InChI is InChI=1S/C21H32N2O3/c1-15(2)11-13-26-18-9-6-5-8-17(18)14-22-21(25)20(16(3)4)23-12-7-10-19(23)24/h5-6,8-9,15-16,20H,7,10-14H2,1-4H3,(H,22,25).